The molecule has 1 N–H and O–H groups in total. The number of rotatable bonds is 7. The summed E-state index contributed by atoms with van der Waals surface area (Å²) < 4.78 is 40.8. The Morgan fingerprint density at radius 1 is 1.28 bits per heavy atom. The molecule has 4 nitrogen and oxygen atoms in total. The molecule has 0 spiro atoms. The van der Waals surface area contributed by atoms with Crippen molar-refractivity contribution in [3.63, 3.8) is 0 Å². The molecule has 4 atom stereocenters. The van der Waals surface area contributed by atoms with Gasteiger partial charge in [0, 0.05) is 13.8 Å². The highest BCUT2D eigenvalue weighted by Gasteiger charge is 2.44. The lowest BCUT2D eigenvalue weighted by Crippen LogP contribution is -2.55. The number of hydrogen-bond acceptors (Lipinski definition) is 4. The molecule has 0 amide bonds. The third kappa shape index (κ3) is 5.04. The van der Waals surface area contributed by atoms with Gasteiger partial charge in [0.05, 0.1) is 30.5 Å². The fourth-order valence-electron chi connectivity index (χ4n) is 3.87. The molecular weight excluding hydrogens is 374 g/mol. The Kier molecular flexibility index (Phi) is 6.44. The van der Waals surface area contributed by atoms with Gasteiger partial charge in [-0.1, -0.05) is 38.1 Å². The summed E-state index contributed by atoms with van der Waals surface area (Å²) in [6, 6.07) is 4.59. The average Bonchev–Trinajstić information content (AvgIpc) is 2.62. The zero-order chi connectivity index (χ0) is 21.2. The molecule has 1 aromatic heterocycles. The number of allylic oxidation sites excluding steroid dienone is 3. The van der Waals surface area contributed by atoms with Crippen molar-refractivity contribution >= 4 is 5.82 Å². The maximum atomic E-state index is 14.1. The molecule has 2 aliphatic rings. The monoisotopic (exact) mass is 408 g/mol. The molecule has 29 heavy (non-hydrogen) atoms. The van der Waals surface area contributed by atoms with Crippen molar-refractivity contribution in [1.29, 1.82) is 0 Å². The summed E-state index contributed by atoms with van der Waals surface area (Å²) in [5.41, 5.74) is 0.653. The molecule has 0 saturated carbocycles. The maximum absolute atomic E-state index is 14.1. The molecule has 3 rings (SSSR count). The van der Waals surface area contributed by atoms with Gasteiger partial charge >= 0.3 is 0 Å². The van der Waals surface area contributed by atoms with Gasteiger partial charge in [-0.05, 0) is 44.9 Å². The van der Waals surface area contributed by atoms with Crippen molar-refractivity contribution in [1.82, 2.24) is 4.98 Å². The van der Waals surface area contributed by atoms with Gasteiger partial charge in [0.1, 0.15) is 11.5 Å². The maximum Gasteiger partial charge on any atom is 0.289 e. The van der Waals surface area contributed by atoms with Gasteiger partial charge in [-0.3, -0.25) is 0 Å². The molecule has 1 saturated heterocycles. The van der Waals surface area contributed by atoms with Crippen LogP contribution in [0, 0.1) is 5.92 Å². The first-order valence-electron chi connectivity index (χ1n) is 10.4. The molecule has 1 fully saturated rings. The normalized spacial score (nSPS) is 27.3. The van der Waals surface area contributed by atoms with Crippen molar-refractivity contribution in [2.75, 3.05) is 11.9 Å². The van der Waals surface area contributed by atoms with Crippen molar-refractivity contribution in [2.24, 2.45) is 5.92 Å². The molecule has 0 radical (unpaired) electrons. The number of halogens is 2. The molecule has 6 heteroatoms. The summed E-state index contributed by atoms with van der Waals surface area (Å²) in [6.07, 6.45) is 6.60. The van der Waals surface area contributed by atoms with E-state index in [1.807, 2.05) is 26.8 Å². The lowest BCUT2D eigenvalue weighted by Gasteiger charge is -2.46. The SMILES string of the molecule is CC[C@H]1OC[C@H](Nc2cccc(C(F)(F)CC)n2)[C@@H](C2=CC=C2)[C@H]1OC(C)(C)C.[HH]. The Bertz CT molecular complexity index is 777. The number of aromatic nitrogens is 1. The third-order valence-electron chi connectivity index (χ3n) is 5.40. The number of hydrogen-bond donors (Lipinski definition) is 1. The lowest BCUT2D eigenvalue weighted by atomic mass is 9.78. The minimum atomic E-state index is -2.94. The second kappa shape index (κ2) is 8.52. The smallest absolute Gasteiger partial charge is 0.289 e. The number of alkyl halides is 2. The van der Waals surface area contributed by atoms with Gasteiger partial charge in [0.25, 0.3) is 5.92 Å². The largest absolute Gasteiger partial charge is 0.373 e. The van der Waals surface area contributed by atoms with E-state index in [0.717, 1.165) is 6.42 Å². The number of anilines is 1. The Morgan fingerprint density at radius 2 is 2.00 bits per heavy atom. The van der Waals surface area contributed by atoms with Gasteiger partial charge in [-0.2, -0.15) is 8.78 Å². The van der Waals surface area contributed by atoms with Gasteiger partial charge in [-0.15, -0.1) is 0 Å². The lowest BCUT2D eigenvalue weighted by molar-refractivity contribution is -0.174. The summed E-state index contributed by atoms with van der Waals surface area (Å²) in [5.74, 6) is -2.46. The Hall–Kier alpha value is -1.79. The van der Waals surface area contributed by atoms with E-state index in [4.69, 9.17) is 9.47 Å². The standard InChI is InChI=1S/C23H32F2N2O2.H2/c1-6-17-21(29-22(3,4)5)20(15-10-8-11-15)16(14-28-17)26-19-13-9-12-18(27-19)23(24,25)7-2;/h8-13,16-17,20-21H,6-7,14H2,1-5H3,(H,26,27);1H/t16-,17+,20+,21-;/m0./s1. The van der Waals surface area contributed by atoms with E-state index in [1.54, 1.807) is 12.1 Å². The van der Waals surface area contributed by atoms with Crippen LogP contribution in [0.15, 0.2) is 42.0 Å². The second-order valence-electron chi connectivity index (χ2n) is 8.74. The van der Waals surface area contributed by atoms with Gasteiger partial charge in [0.15, 0.2) is 0 Å². The highest BCUT2D eigenvalue weighted by Crippen LogP contribution is 2.38. The number of pyridine rings is 1. The van der Waals surface area contributed by atoms with Crippen molar-refractivity contribution in [3.8, 4) is 0 Å². The van der Waals surface area contributed by atoms with Crippen LogP contribution in [0.3, 0.4) is 0 Å². The van der Waals surface area contributed by atoms with Crippen LogP contribution in [-0.4, -0.2) is 35.4 Å². The molecule has 0 aromatic carbocycles. The summed E-state index contributed by atoms with van der Waals surface area (Å²) in [5, 5.41) is 3.35. The number of nitrogens with zero attached hydrogens (tertiary/aromatic N) is 1. The molecule has 0 bridgehead atoms. The Balaban J connectivity index is 0.00000320. The first-order valence-corrected chi connectivity index (χ1v) is 10.4. The quantitative estimate of drug-likeness (QED) is 0.627. The van der Waals surface area contributed by atoms with Crippen LogP contribution in [0.25, 0.3) is 0 Å². The van der Waals surface area contributed by atoms with Crippen LogP contribution >= 0.6 is 0 Å². The molecule has 0 unspecified atom stereocenters. The van der Waals surface area contributed by atoms with E-state index in [2.05, 4.69) is 29.4 Å². The van der Waals surface area contributed by atoms with Crippen LogP contribution in [0.2, 0.25) is 0 Å². The predicted molar refractivity (Wildman–Crippen MR) is 113 cm³/mol. The minimum absolute atomic E-state index is 0. The fourth-order valence-corrected chi connectivity index (χ4v) is 3.87. The van der Waals surface area contributed by atoms with Crippen LogP contribution in [0.4, 0.5) is 14.6 Å². The molecule has 1 aliphatic carbocycles. The molecule has 162 valence electrons. The Labute approximate surface area is 173 Å². The summed E-state index contributed by atoms with van der Waals surface area (Å²) in [7, 11) is 0. The average molecular weight is 409 g/mol. The summed E-state index contributed by atoms with van der Waals surface area (Å²) in [6.45, 7) is 10.1. The predicted octanol–water partition coefficient (Wildman–Crippen LogP) is 5.71. The van der Waals surface area contributed by atoms with Crippen molar-refractivity contribution < 1.29 is 19.7 Å². The van der Waals surface area contributed by atoms with Gasteiger partial charge in [-0.25, -0.2) is 4.98 Å². The minimum Gasteiger partial charge on any atom is -0.373 e. The summed E-state index contributed by atoms with van der Waals surface area (Å²) >= 11 is 0. The molecular formula is C23H34F2N2O2. The third-order valence-corrected chi connectivity index (χ3v) is 5.40. The zero-order valence-corrected chi connectivity index (χ0v) is 17.9. The van der Waals surface area contributed by atoms with Crippen LogP contribution in [-0.2, 0) is 15.4 Å². The van der Waals surface area contributed by atoms with E-state index in [1.165, 1.54) is 18.6 Å². The fraction of sp³-hybridized carbons (Fsp3) is 0.609. The van der Waals surface area contributed by atoms with Crippen molar-refractivity contribution in [2.45, 2.75) is 77.2 Å². The van der Waals surface area contributed by atoms with E-state index in [-0.39, 0.29) is 43.3 Å². The van der Waals surface area contributed by atoms with Gasteiger partial charge < -0.3 is 14.8 Å². The van der Waals surface area contributed by atoms with Gasteiger partial charge in [0.2, 0.25) is 0 Å². The molecule has 1 aromatic rings. The van der Waals surface area contributed by atoms with E-state index >= 15 is 0 Å². The first-order chi connectivity index (χ1) is 13.6. The summed E-state index contributed by atoms with van der Waals surface area (Å²) in [4.78, 5) is 4.19. The molecule has 2 heterocycles. The second-order valence-corrected chi connectivity index (χ2v) is 8.74. The topological polar surface area (TPSA) is 43.4 Å². The number of ether oxygens (including phenoxy) is 2. The Morgan fingerprint density at radius 3 is 2.55 bits per heavy atom. The van der Waals surface area contributed by atoms with Crippen LogP contribution < -0.4 is 5.32 Å². The first kappa shape index (κ1) is 21.9. The van der Waals surface area contributed by atoms with E-state index < -0.39 is 5.92 Å². The highest BCUT2D eigenvalue weighted by atomic mass is 19.3. The highest BCUT2D eigenvalue weighted by molar-refractivity contribution is 5.43. The van der Waals surface area contributed by atoms with Crippen molar-refractivity contribution in [3.05, 3.63) is 47.7 Å². The number of nitrogens with one attached hydrogen (secondary N) is 1. The molecule has 1 aliphatic heterocycles. The van der Waals surface area contributed by atoms with Crippen LogP contribution in [0.5, 0.6) is 0 Å². The van der Waals surface area contributed by atoms with E-state index in [9.17, 15) is 8.78 Å². The van der Waals surface area contributed by atoms with Crippen LogP contribution in [0.1, 0.15) is 54.6 Å². The zero-order valence-electron chi connectivity index (χ0n) is 17.9. The van der Waals surface area contributed by atoms with E-state index in [0.29, 0.717) is 12.4 Å².